The first-order valence-corrected chi connectivity index (χ1v) is 16.4. The molecule has 0 aliphatic heterocycles. The van der Waals surface area contributed by atoms with E-state index >= 15 is 0 Å². The van der Waals surface area contributed by atoms with Crippen LogP contribution in [0.3, 0.4) is 0 Å². The van der Waals surface area contributed by atoms with Gasteiger partial charge in [0.1, 0.15) is 18.3 Å². The van der Waals surface area contributed by atoms with E-state index in [1.54, 1.807) is 61.5 Å². The molecule has 0 bridgehead atoms. The van der Waals surface area contributed by atoms with Gasteiger partial charge in [-0.3, -0.25) is 13.9 Å². The lowest BCUT2D eigenvalue weighted by Crippen LogP contribution is -2.53. The summed E-state index contributed by atoms with van der Waals surface area (Å²) in [5.74, 6) is -0.418. The Morgan fingerprint density at radius 1 is 0.952 bits per heavy atom. The van der Waals surface area contributed by atoms with Crippen LogP contribution in [0.4, 0.5) is 5.69 Å². The highest BCUT2D eigenvalue weighted by Crippen LogP contribution is 2.30. The maximum absolute atomic E-state index is 14.2. The summed E-state index contributed by atoms with van der Waals surface area (Å²) in [7, 11) is -4.21. The van der Waals surface area contributed by atoms with Gasteiger partial charge >= 0.3 is 0 Å². The quantitative estimate of drug-likeness (QED) is 0.215. The number of hydrogen-bond donors (Lipinski definition) is 1. The van der Waals surface area contributed by atoms with E-state index in [0.717, 1.165) is 4.31 Å². The lowest BCUT2D eigenvalue weighted by atomic mass is 10.1. The van der Waals surface area contributed by atoms with Crippen molar-refractivity contribution in [3.8, 4) is 5.75 Å². The van der Waals surface area contributed by atoms with Crippen molar-refractivity contribution in [1.29, 1.82) is 0 Å². The molecule has 42 heavy (non-hydrogen) atoms. The highest BCUT2D eigenvalue weighted by atomic mass is 79.9. The van der Waals surface area contributed by atoms with Crippen LogP contribution in [0.25, 0.3) is 0 Å². The number of carbonyl (C=O) groups is 2. The number of nitrogens with one attached hydrogen (secondary N) is 1. The molecule has 3 rings (SSSR count). The number of ether oxygens (including phenoxy) is 1. The van der Waals surface area contributed by atoms with E-state index in [4.69, 9.17) is 27.9 Å². The monoisotopic (exact) mass is 697 g/mol. The summed E-state index contributed by atoms with van der Waals surface area (Å²) in [6, 6.07) is 16.4. The molecular formula is C30H34BrCl2N3O5S. The van der Waals surface area contributed by atoms with E-state index in [0.29, 0.717) is 32.4 Å². The van der Waals surface area contributed by atoms with Crippen LogP contribution in [0.1, 0.15) is 39.7 Å². The Hall–Kier alpha value is -2.79. The third-order valence-electron chi connectivity index (χ3n) is 6.32. The minimum Gasteiger partial charge on any atom is -0.494 e. The van der Waals surface area contributed by atoms with E-state index in [9.17, 15) is 18.0 Å². The molecule has 0 spiro atoms. The zero-order chi connectivity index (χ0) is 31.0. The van der Waals surface area contributed by atoms with Gasteiger partial charge in [0.25, 0.3) is 10.0 Å². The van der Waals surface area contributed by atoms with Gasteiger partial charge < -0.3 is 15.0 Å². The Morgan fingerprint density at radius 2 is 1.55 bits per heavy atom. The molecule has 2 amide bonds. The third kappa shape index (κ3) is 8.40. The van der Waals surface area contributed by atoms with Gasteiger partial charge in [-0.2, -0.15) is 0 Å². The van der Waals surface area contributed by atoms with Crippen molar-refractivity contribution in [2.24, 2.45) is 0 Å². The van der Waals surface area contributed by atoms with Gasteiger partial charge in [-0.25, -0.2) is 8.42 Å². The number of sulfonamides is 1. The second-order valence-electron chi connectivity index (χ2n) is 9.70. The van der Waals surface area contributed by atoms with Crippen molar-refractivity contribution in [1.82, 2.24) is 10.2 Å². The van der Waals surface area contributed by atoms with Gasteiger partial charge in [0.05, 0.1) is 17.2 Å². The molecule has 0 aromatic heterocycles. The van der Waals surface area contributed by atoms with Gasteiger partial charge in [0.15, 0.2) is 0 Å². The third-order valence-corrected chi connectivity index (χ3v) is 9.35. The summed E-state index contributed by atoms with van der Waals surface area (Å²) >= 11 is 16.2. The Morgan fingerprint density at radius 3 is 2.07 bits per heavy atom. The van der Waals surface area contributed by atoms with Gasteiger partial charge in [-0.15, -0.1) is 0 Å². The minimum absolute atomic E-state index is 0.00215. The van der Waals surface area contributed by atoms with Crippen molar-refractivity contribution in [2.45, 2.75) is 57.6 Å². The first kappa shape index (κ1) is 33.7. The van der Waals surface area contributed by atoms with Crippen molar-refractivity contribution in [3.05, 3.63) is 86.8 Å². The van der Waals surface area contributed by atoms with Crippen LogP contribution >= 0.6 is 39.1 Å². The number of anilines is 1. The number of hydrogen-bond acceptors (Lipinski definition) is 5. The van der Waals surface area contributed by atoms with Crippen molar-refractivity contribution >= 4 is 66.7 Å². The normalized spacial score (nSPS) is 12.1. The summed E-state index contributed by atoms with van der Waals surface area (Å²) in [6.07, 6.45) is 0.273. The first-order chi connectivity index (χ1) is 19.9. The minimum atomic E-state index is -4.21. The standard InChI is InChI=1S/C30H34BrCl2N3O5S/c1-5-28(30(38)34-20(3)4)35(18-25-26(32)8-7-9-27(25)33)29(37)19-36(22-12-14-23(15-13-22)41-6-2)42(39,40)24-16-10-21(31)11-17-24/h7-17,20,28H,5-6,18-19H2,1-4H3,(H,34,38). The van der Waals surface area contributed by atoms with Crippen LogP contribution < -0.4 is 14.4 Å². The van der Waals surface area contributed by atoms with Crippen LogP contribution in [-0.2, 0) is 26.2 Å². The largest absolute Gasteiger partial charge is 0.494 e. The summed E-state index contributed by atoms with van der Waals surface area (Å²) in [4.78, 5) is 28.8. The Kier molecular flexibility index (Phi) is 12.1. The number of rotatable bonds is 13. The number of halogens is 3. The van der Waals surface area contributed by atoms with Crippen LogP contribution in [-0.4, -0.2) is 50.4 Å². The Balaban J connectivity index is 2.10. The van der Waals surface area contributed by atoms with Crippen molar-refractivity contribution < 1.29 is 22.7 Å². The fourth-order valence-corrected chi connectivity index (χ4v) is 6.49. The molecule has 3 aromatic rings. The number of benzene rings is 3. The second-order valence-corrected chi connectivity index (χ2v) is 13.3. The SMILES string of the molecule is CCOc1ccc(N(CC(=O)N(Cc2c(Cl)cccc2Cl)C(CC)C(=O)NC(C)C)S(=O)(=O)c2ccc(Br)cc2)cc1. The number of carbonyl (C=O) groups excluding carboxylic acids is 2. The predicted molar refractivity (Wildman–Crippen MR) is 171 cm³/mol. The van der Waals surface area contributed by atoms with E-state index in [1.807, 2.05) is 20.8 Å². The fraction of sp³-hybridized carbons (Fsp3) is 0.333. The molecule has 0 heterocycles. The zero-order valence-corrected chi connectivity index (χ0v) is 27.7. The average Bonchev–Trinajstić information content (AvgIpc) is 2.93. The molecule has 0 aliphatic carbocycles. The highest BCUT2D eigenvalue weighted by Gasteiger charge is 2.34. The number of amides is 2. The van der Waals surface area contributed by atoms with Gasteiger partial charge in [0, 0.05) is 32.7 Å². The Bertz CT molecular complexity index is 1470. The smallest absolute Gasteiger partial charge is 0.264 e. The molecular weight excluding hydrogens is 665 g/mol. The topological polar surface area (TPSA) is 96.0 Å². The maximum Gasteiger partial charge on any atom is 0.264 e. The number of nitrogens with zero attached hydrogens (tertiary/aromatic N) is 2. The zero-order valence-electron chi connectivity index (χ0n) is 23.8. The maximum atomic E-state index is 14.2. The summed E-state index contributed by atoms with van der Waals surface area (Å²) in [6.45, 7) is 7.02. The lowest BCUT2D eigenvalue weighted by molar-refractivity contribution is -0.140. The molecule has 3 aromatic carbocycles. The Labute approximate surface area is 266 Å². The molecule has 1 N–H and O–H groups in total. The van der Waals surface area contributed by atoms with Gasteiger partial charge in [-0.1, -0.05) is 52.1 Å². The van der Waals surface area contributed by atoms with Crippen molar-refractivity contribution in [2.75, 3.05) is 17.5 Å². The van der Waals surface area contributed by atoms with Gasteiger partial charge in [-0.05, 0) is 87.9 Å². The molecule has 1 atom stereocenters. The van der Waals surface area contributed by atoms with Crippen LogP contribution in [0.5, 0.6) is 5.75 Å². The molecule has 0 radical (unpaired) electrons. The van der Waals surface area contributed by atoms with E-state index in [1.165, 1.54) is 17.0 Å². The molecule has 8 nitrogen and oxygen atoms in total. The average molecular weight is 699 g/mol. The molecule has 1 unspecified atom stereocenters. The van der Waals surface area contributed by atoms with Gasteiger partial charge in [0.2, 0.25) is 11.8 Å². The van der Waals surface area contributed by atoms with E-state index in [-0.39, 0.29) is 35.5 Å². The molecule has 0 saturated carbocycles. The fourth-order valence-electron chi connectivity index (χ4n) is 4.29. The molecule has 0 aliphatic rings. The molecule has 0 saturated heterocycles. The summed E-state index contributed by atoms with van der Waals surface area (Å²) in [5.41, 5.74) is 0.707. The van der Waals surface area contributed by atoms with E-state index in [2.05, 4.69) is 21.2 Å². The highest BCUT2D eigenvalue weighted by molar-refractivity contribution is 9.10. The van der Waals surface area contributed by atoms with Crippen LogP contribution in [0, 0.1) is 0 Å². The molecule has 226 valence electrons. The summed E-state index contributed by atoms with van der Waals surface area (Å²) in [5, 5.41) is 3.51. The summed E-state index contributed by atoms with van der Waals surface area (Å²) < 4.78 is 35.2. The van der Waals surface area contributed by atoms with Crippen LogP contribution in [0.2, 0.25) is 10.0 Å². The lowest BCUT2D eigenvalue weighted by Gasteiger charge is -2.34. The van der Waals surface area contributed by atoms with E-state index < -0.39 is 28.5 Å². The molecule has 12 heteroatoms. The molecule has 0 fully saturated rings. The predicted octanol–water partition coefficient (Wildman–Crippen LogP) is 6.68. The van der Waals surface area contributed by atoms with Crippen molar-refractivity contribution in [3.63, 3.8) is 0 Å². The van der Waals surface area contributed by atoms with Crippen LogP contribution in [0.15, 0.2) is 76.1 Å². The first-order valence-electron chi connectivity index (χ1n) is 13.4. The second kappa shape index (κ2) is 15.1.